The van der Waals surface area contributed by atoms with Crippen LogP contribution in [0.2, 0.25) is 0 Å². The second-order valence-electron chi connectivity index (χ2n) is 10.3. The Kier molecular flexibility index (Phi) is 7.86. The van der Waals surface area contributed by atoms with E-state index in [0.717, 1.165) is 82.3 Å². The second-order valence-corrected chi connectivity index (χ2v) is 10.3. The predicted molar refractivity (Wildman–Crippen MR) is 137 cm³/mol. The number of hydrogen-bond acceptors (Lipinski definition) is 6. The predicted octanol–water partition coefficient (Wildman–Crippen LogP) is 2.46. The number of likely N-dealkylation sites (N-methyl/N-ethyl adjacent to an activating group) is 1. The summed E-state index contributed by atoms with van der Waals surface area (Å²) in [5, 5.41) is 3.20. The molecule has 0 aromatic heterocycles. The van der Waals surface area contributed by atoms with Gasteiger partial charge in [0.15, 0.2) is 11.5 Å². The minimum absolute atomic E-state index is 0.0194. The molecule has 0 aliphatic carbocycles. The van der Waals surface area contributed by atoms with Gasteiger partial charge in [-0.1, -0.05) is 36.4 Å². The zero-order chi connectivity index (χ0) is 24.0. The fourth-order valence-corrected chi connectivity index (χ4v) is 5.52. The minimum Gasteiger partial charge on any atom is -0.454 e. The Labute approximate surface area is 209 Å². The summed E-state index contributed by atoms with van der Waals surface area (Å²) in [4.78, 5) is 20.8. The van der Waals surface area contributed by atoms with Crippen molar-refractivity contribution < 1.29 is 14.3 Å². The van der Waals surface area contributed by atoms with E-state index in [4.69, 9.17) is 9.47 Å². The Morgan fingerprint density at radius 2 is 1.74 bits per heavy atom. The Hall–Kier alpha value is -2.61. The van der Waals surface area contributed by atoms with Crippen LogP contribution in [0, 0.1) is 11.8 Å². The number of benzene rings is 2. The minimum atomic E-state index is 0.0194. The smallest absolute Gasteiger partial charge is 0.231 e. The molecule has 0 spiro atoms. The molecule has 3 aliphatic rings. The van der Waals surface area contributed by atoms with Gasteiger partial charge in [0.25, 0.3) is 0 Å². The van der Waals surface area contributed by atoms with Crippen molar-refractivity contribution in [1.82, 2.24) is 20.0 Å². The van der Waals surface area contributed by atoms with Crippen molar-refractivity contribution in [2.75, 3.05) is 66.2 Å². The summed E-state index contributed by atoms with van der Waals surface area (Å²) in [5.41, 5.74) is 2.39. The molecule has 0 saturated carbocycles. The van der Waals surface area contributed by atoms with Crippen LogP contribution >= 0.6 is 0 Å². The fourth-order valence-electron chi connectivity index (χ4n) is 5.52. The number of carbonyl (C=O) groups excluding carboxylic acids is 1. The van der Waals surface area contributed by atoms with Gasteiger partial charge in [0.2, 0.25) is 12.7 Å². The Morgan fingerprint density at radius 1 is 0.943 bits per heavy atom. The van der Waals surface area contributed by atoms with E-state index in [2.05, 4.69) is 57.4 Å². The number of likely N-dealkylation sites (tertiary alicyclic amines) is 1. The third-order valence-corrected chi connectivity index (χ3v) is 7.56. The molecule has 2 aromatic carbocycles. The lowest BCUT2D eigenvalue weighted by molar-refractivity contribution is -0.127. The maximum absolute atomic E-state index is 13.3. The van der Waals surface area contributed by atoms with E-state index in [-0.39, 0.29) is 18.6 Å². The molecular formula is C28H38N4O3. The van der Waals surface area contributed by atoms with Crippen LogP contribution in [0.4, 0.5) is 0 Å². The van der Waals surface area contributed by atoms with Crippen LogP contribution in [0.5, 0.6) is 11.5 Å². The normalized spacial score (nSPS) is 23.3. The van der Waals surface area contributed by atoms with Gasteiger partial charge in [-0.2, -0.15) is 0 Å². The molecule has 0 bridgehead atoms. The average Bonchev–Trinajstić information content (AvgIpc) is 3.36. The highest BCUT2D eigenvalue weighted by Gasteiger charge is 2.32. The summed E-state index contributed by atoms with van der Waals surface area (Å²) in [7, 11) is 2.20. The monoisotopic (exact) mass is 478 g/mol. The van der Waals surface area contributed by atoms with E-state index in [1.165, 1.54) is 5.56 Å². The molecule has 1 N–H and O–H groups in total. The lowest BCUT2D eigenvalue weighted by Crippen LogP contribution is -2.51. The van der Waals surface area contributed by atoms with Gasteiger partial charge in [-0.25, -0.2) is 0 Å². The van der Waals surface area contributed by atoms with Crippen molar-refractivity contribution in [3.63, 3.8) is 0 Å². The molecule has 2 atom stereocenters. The molecule has 7 nitrogen and oxygen atoms in total. The van der Waals surface area contributed by atoms with E-state index in [9.17, 15) is 4.79 Å². The van der Waals surface area contributed by atoms with Crippen LogP contribution in [0.1, 0.15) is 17.5 Å². The van der Waals surface area contributed by atoms with Gasteiger partial charge in [-0.15, -0.1) is 0 Å². The second kappa shape index (κ2) is 11.4. The van der Waals surface area contributed by atoms with E-state index >= 15 is 0 Å². The molecular weight excluding hydrogens is 440 g/mol. The van der Waals surface area contributed by atoms with Crippen molar-refractivity contribution in [1.29, 1.82) is 0 Å². The molecule has 3 aliphatic heterocycles. The highest BCUT2D eigenvalue weighted by Crippen LogP contribution is 2.32. The van der Waals surface area contributed by atoms with Gasteiger partial charge in [0.1, 0.15) is 0 Å². The summed E-state index contributed by atoms with van der Waals surface area (Å²) < 4.78 is 10.9. The number of hydrogen-bond donors (Lipinski definition) is 1. The first-order chi connectivity index (χ1) is 17.1. The van der Waals surface area contributed by atoms with E-state index < -0.39 is 0 Å². The standard InChI is InChI=1S/C28H38N4O3/c1-30-11-13-31(14-12-30)18-24-15-25(20-32(19-24)10-9-22-5-3-2-4-6-22)28(33)29-17-23-7-8-26-27(16-23)35-21-34-26/h2-8,16,24-25H,9-15,17-21H2,1H3,(H,29,33)/t24-,25-/m1/s1. The van der Waals surface area contributed by atoms with Gasteiger partial charge >= 0.3 is 0 Å². The first-order valence-electron chi connectivity index (χ1n) is 13.0. The lowest BCUT2D eigenvalue weighted by atomic mass is 9.87. The number of amides is 1. The first kappa shape index (κ1) is 24.1. The van der Waals surface area contributed by atoms with Crippen LogP contribution in [-0.4, -0.2) is 86.8 Å². The topological polar surface area (TPSA) is 57.3 Å². The maximum Gasteiger partial charge on any atom is 0.231 e. The number of nitrogens with zero attached hydrogens (tertiary/aromatic N) is 3. The van der Waals surface area contributed by atoms with Crippen molar-refractivity contribution in [3.05, 3.63) is 59.7 Å². The molecule has 2 aromatic rings. The van der Waals surface area contributed by atoms with Crippen molar-refractivity contribution in [2.24, 2.45) is 11.8 Å². The molecule has 35 heavy (non-hydrogen) atoms. The van der Waals surface area contributed by atoms with Crippen LogP contribution in [0.25, 0.3) is 0 Å². The first-order valence-corrected chi connectivity index (χ1v) is 13.0. The fraction of sp³-hybridized carbons (Fsp3) is 0.536. The third kappa shape index (κ3) is 6.54. The summed E-state index contributed by atoms with van der Waals surface area (Å²) >= 11 is 0. The van der Waals surface area contributed by atoms with E-state index in [1.807, 2.05) is 18.2 Å². The number of nitrogens with one attached hydrogen (secondary N) is 1. The third-order valence-electron chi connectivity index (χ3n) is 7.56. The number of piperidine rings is 1. The number of ether oxygens (including phenoxy) is 2. The average molecular weight is 479 g/mol. The Bertz CT molecular complexity index is 977. The quantitative estimate of drug-likeness (QED) is 0.629. The number of rotatable bonds is 8. The highest BCUT2D eigenvalue weighted by atomic mass is 16.7. The summed E-state index contributed by atoms with van der Waals surface area (Å²) in [6.07, 6.45) is 1.98. The van der Waals surface area contributed by atoms with Gasteiger partial charge < -0.3 is 29.5 Å². The molecule has 3 heterocycles. The van der Waals surface area contributed by atoms with Crippen molar-refractivity contribution >= 4 is 5.91 Å². The van der Waals surface area contributed by atoms with Gasteiger partial charge in [-0.05, 0) is 49.1 Å². The van der Waals surface area contributed by atoms with Crippen LogP contribution in [0.15, 0.2) is 48.5 Å². The largest absolute Gasteiger partial charge is 0.454 e. The van der Waals surface area contributed by atoms with Gasteiger partial charge in [0, 0.05) is 58.9 Å². The molecule has 0 unspecified atom stereocenters. The van der Waals surface area contributed by atoms with E-state index in [1.54, 1.807) is 0 Å². The maximum atomic E-state index is 13.3. The molecule has 0 radical (unpaired) electrons. The van der Waals surface area contributed by atoms with Crippen molar-refractivity contribution in [2.45, 2.75) is 19.4 Å². The number of carbonyl (C=O) groups is 1. The van der Waals surface area contributed by atoms with Crippen molar-refractivity contribution in [3.8, 4) is 11.5 Å². The lowest BCUT2D eigenvalue weighted by Gasteiger charge is -2.41. The molecule has 7 heteroatoms. The van der Waals surface area contributed by atoms with Crippen LogP contribution in [-0.2, 0) is 17.8 Å². The van der Waals surface area contributed by atoms with Gasteiger partial charge in [-0.3, -0.25) is 4.79 Å². The molecule has 1 amide bonds. The summed E-state index contributed by atoms with van der Waals surface area (Å²) in [5.74, 6) is 2.23. The van der Waals surface area contributed by atoms with Crippen LogP contribution in [0.3, 0.4) is 0 Å². The Balaban J connectivity index is 1.19. The summed E-state index contributed by atoms with van der Waals surface area (Å²) in [6, 6.07) is 16.5. The van der Waals surface area contributed by atoms with Crippen LogP contribution < -0.4 is 14.8 Å². The number of piperazine rings is 1. The molecule has 2 saturated heterocycles. The SMILES string of the molecule is CN1CCN(C[C@H]2C[C@@H](C(=O)NCc3ccc4c(c3)OCO4)CN(CCc3ccccc3)C2)CC1. The zero-order valence-corrected chi connectivity index (χ0v) is 20.8. The molecule has 188 valence electrons. The van der Waals surface area contributed by atoms with E-state index in [0.29, 0.717) is 12.5 Å². The Morgan fingerprint density at radius 3 is 2.57 bits per heavy atom. The number of fused-ring (bicyclic) bond motifs is 1. The van der Waals surface area contributed by atoms with Gasteiger partial charge in [0.05, 0.1) is 5.92 Å². The zero-order valence-electron chi connectivity index (χ0n) is 20.8. The molecule has 5 rings (SSSR count). The summed E-state index contributed by atoms with van der Waals surface area (Å²) in [6.45, 7) is 9.27. The highest BCUT2D eigenvalue weighted by molar-refractivity contribution is 5.79. The molecule has 2 fully saturated rings.